The Morgan fingerprint density at radius 3 is 2.14 bits per heavy atom. The van der Waals surface area contributed by atoms with E-state index in [1.165, 1.54) is 0 Å². The third kappa shape index (κ3) is 8.09. The highest BCUT2D eigenvalue weighted by atomic mass is 16.6. The van der Waals surface area contributed by atoms with Crippen molar-refractivity contribution in [3.05, 3.63) is 89.1 Å². The van der Waals surface area contributed by atoms with Gasteiger partial charge in [0.15, 0.2) is 0 Å². The van der Waals surface area contributed by atoms with Gasteiger partial charge in [0, 0.05) is 18.1 Å². The van der Waals surface area contributed by atoms with E-state index >= 15 is 0 Å². The van der Waals surface area contributed by atoms with Crippen LogP contribution in [0.3, 0.4) is 0 Å². The average Bonchev–Trinajstić information content (AvgIpc) is 3.52. The fourth-order valence-corrected chi connectivity index (χ4v) is 5.00. The lowest BCUT2D eigenvalue weighted by atomic mass is 10.1. The predicted octanol–water partition coefficient (Wildman–Crippen LogP) is 8.31. The first-order valence-corrected chi connectivity index (χ1v) is 14.5. The van der Waals surface area contributed by atoms with Crippen LogP contribution < -0.4 is 9.64 Å². The van der Waals surface area contributed by atoms with Gasteiger partial charge in [-0.15, -0.1) is 0 Å². The van der Waals surface area contributed by atoms with E-state index in [0.29, 0.717) is 13.2 Å². The molecule has 8 heteroatoms. The molecule has 2 heterocycles. The maximum Gasteiger partial charge on any atom is 0.418 e. The molecule has 43 heavy (non-hydrogen) atoms. The molecule has 0 spiro atoms. The number of carbonyl (C=O) groups excluding carboxylic acids is 2. The minimum Gasteiger partial charge on any atom is -0.508 e. The number of amides is 1. The van der Waals surface area contributed by atoms with Gasteiger partial charge in [0.25, 0.3) is 0 Å². The van der Waals surface area contributed by atoms with Crippen LogP contribution >= 0.6 is 0 Å². The number of nitrogens with zero attached hydrogens (tertiary/aromatic N) is 2. The third-order valence-electron chi connectivity index (χ3n) is 6.64. The molecule has 228 valence electrons. The van der Waals surface area contributed by atoms with Crippen molar-refractivity contribution in [3.63, 3.8) is 0 Å². The van der Waals surface area contributed by atoms with Crippen LogP contribution in [-0.4, -0.2) is 39.6 Å². The van der Waals surface area contributed by atoms with Crippen molar-refractivity contribution in [2.24, 2.45) is 0 Å². The molecule has 0 saturated heterocycles. The summed E-state index contributed by atoms with van der Waals surface area (Å²) in [7, 11) is 0. The number of phenolic OH excluding ortho intramolecular Hbond substituents is 1. The van der Waals surface area contributed by atoms with Crippen molar-refractivity contribution in [2.75, 3.05) is 11.4 Å². The topological polar surface area (TPSA) is 90.2 Å². The van der Waals surface area contributed by atoms with E-state index in [-0.39, 0.29) is 17.9 Å². The van der Waals surface area contributed by atoms with E-state index in [1.807, 2.05) is 104 Å². The van der Waals surface area contributed by atoms with Gasteiger partial charge in [-0.2, -0.15) is 0 Å². The predicted molar refractivity (Wildman–Crippen MR) is 169 cm³/mol. The van der Waals surface area contributed by atoms with E-state index in [1.54, 1.807) is 27.8 Å². The largest absolute Gasteiger partial charge is 0.508 e. The number of ether oxygens (including phenoxy) is 3. The van der Waals surface area contributed by atoms with Gasteiger partial charge >= 0.3 is 12.2 Å². The fraction of sp³-hybridized carbons (Fsp3) is 0.371. The van der Waals surface area contributed by atoms with Gasteiger partial charge in [-0.1, -0.05) is 30.3 Å². The van der Waals surface area contributed by atoms with Crippen LogP contribution in [0.1, 0.15) is 63.8 Å². The lowest BCUT2D eigenvalue weighted by Crippen LogP contribution is -2.36. The van der Waals surface area contributed by atoms with Crippen LogP contribution in [0.15, 0.2) is 66.9 Å². The summed E-state index contributed by atoms with van der Waals surface area (Å²) < 4.78 is 18.3. The van der Waals surface area contributed by atoms with Gasteiger partial charge < -0.3 is 19.3 Å². The highest BCUT2D eigenvalue weighted by molar-refractivity contribution is 5.93. The van der Waals surface area contributed by atoms with Crippen molar-refractivity contribution in [2.45, 2.75) is 79.6 Å². The number of benzene rings is 3. The molecule has 4 aromatic rings. The van der Waals surface area contributed by atoms with Gasteiger partial charge in [-0.25, -0.2) is 9.59 Å². The number of carbonyl (C=O) groups is 2. The molecule has 0 radical (unpaired) electrons. The van der Waals surface area contributed by atoms with E-state index in [0.717, 1.165) is 51.0 Å². The van der Waals surface area contributed by atoms with Crippen molar-refractivity contribution >= 4 is 28.8 Å². The number of aromatic nitrogens is 1. The summed E-state index contributed by atoms with van der Waals surface area (Å²) in [5.41, 5.74) is 4.68. The normalized spacial score (nSPS) is 12.8. The summed E-state index contributed by atoms with van der Waals surface area (Å²) in [6.07, 6.45) is 1.80. The zero-order chi connectivity index (χ0) is 31.5. The molecule has 0 saturated carbocycles. The standard InChI is InChI=1S/C21H23NO3.C14H19NO3/c1-15-12-18(24-14-16-8-6-5-7-9-16)13-17-10-11-22(19(15)17)20(23)25-21(2,3)4;1-9-7-11(16)8-10-5-6-15(12(9)10)13(17)18-14(2,3)4/h5-13H,14H2,1-4H3;7-8,16H,5-6H2,1-4H3. The van der Waals surface area contributed by atoms with Crippen LogP contribution in [0.4, 0.5) is 15.3 Å². The quantitative estimate of drug-likeness (QED) is 0.260. The minimum atomic E-state index is -0.527. The molecule has 8 nitrogen and oxygen atoms in total. The number of aryl methyl sites for hydroxylation is 2. The fourth-order valence-electron chi connectivity index (χ4n) is 5.00. The lowest BCUT2D eigenvalue weighted by molar-refractivity contribution is 0.0541. The molecule has 0 atom stereocenters. The summed E-state index contributed by atoms with van der Waals surface area (Å²) in [5, 5.41) is 10.5. The van der Waals surface area contributed by atoms with E-state index in [2.05, 4.69) is 0 Å². The summed E-state index contributed by atoms with van der Waals surface area (Å²) in [5.74, 6) is 1.04. The van der Waals surface area contributed by atoms with Crippen molar-refractivity contribution in [1.29, 1.82) is 0 Å². The number of rotatable bonds is 3. The molecule has 1 amide bonds. The van der Waals surface area contributed by atoms with Gasteiger partial charge in [0.1, 0.15) is 29.3 Å². The average molecular weight is 587 g/mol. The maximum atomic E-state index is 12.4. The number of hydrogen-bond acceptors (Lipinski definition) is 6. The van der Waals surface area contributed by atoms with Gasteiger partial charge in [0.2, 0.25) is 0 Å². The molecule has 1 aromatic heterocycles. The van der Waals surface area contributed by atoms with E-state index in [9.17, 15) is 14.7 Å². The molecule has 0 aliphatic carbocycles. The van der Waals surface area contributed by atoms with Crippen LogP contribution in [0.5, 0.6) is 11.5 Å². The monoisotopic (exact) mass is 586 g/mol. The second kappa shape index (κ2) is 12.4. The van der Waals surface area contributed by atoms with Gasteiger partial charge in [-0.05, 0) is 114 Å². The van der Waals surface area contributed by atoms with Crippen LogP contribution in [0.2, 0.25) is 0 Å². The minimum absolute atomic E-state index is 0.247. The molecular formula is C35H42N2O6. The Morgan fingerprint density at radius 1 is 0.837 bits per heavy atom. The second-order valence-corrected chi connectivity index (χ2v) is 12.8. The number of anilines is 1. The van der Waals surface area contributed by atoms with E-state index in [4.69, 9.17) is 14.2 Å². The first kappa shape index (κ1) is 31.5. The Balaban J connectivity index is 0.000000208. The number of fused-ring (bicyclic) bond motifs is 2. The summed E-state index contributed by atoms with van der Waals surface area (Å²) >= 11 is 0. The Hall–Kier alpha value is -4.46. The number of phenols is 1. The molecule has 1 N–H and O–H groups in total. The molecule has 3 aromatic carbocycles. The first-order chi connectivity index (χ1) is 20.1. The molecule has 5 rings (SSSR count). The second-order valence-electron chi connectivity index (χ2n) is 12.8. The van der Waals surface area contributed by atoms with Crippen molar-refractivity contribution in [3.8, 4) is 11.5 Å². The number of aromatic hydroxyl groups is 1. The van der Waals surface area contributed by atoms with Crippen LogP contribution in [0, 0.1) is 13.8 Å². The SMILES string of the molecule is Cc1cc(O)cc2c1N(C(=O)OC(C)(C)C)CC2.Cc1cc(OCc2ccccc2)cc2ccn(C(=O)OC(C)(C)C)c12. The van der Waals surface area contributed by atoms with Gasteiger partial charge in [0.05, 0.1) is 11.2 Å². The smallest absolute Gasteiger partial charge is 0.418 e. The summed E-state index contributed by atoms with van der Waals surface area (Å²) in [6, 6.07) is 19.2. The van der Waals surface area contributed by atoms with Crippen molar-refractivity contribution < 1.29 is 28.9 Å². The Morgan fingerprint density at radius 2 is 1.49 bits per heavy atom. The molecule has 0 fully saturated rings. The molecule has 0 unspecified atom stereocenters. The molecule has 1 aliphatic rings. The molecule has 0 bridgehead atoms. The lowest BCUT2D eigenvalue weighted by Gasteiger charge is -2.25. The Kier molecular flexibility index (Phi) is 9.09. The first-order valence-electron chi connectivity index (χ1n) is 14.5. The van der Waals surface area contributed by atoms with Crippen LogP contribution in [-0.2, 0) is 22.5 Å². The zero-order valence-electron chi connectivity index (χ0n) is 26.4. The zero-order valence-corrected chi connectivity index (χ0v) is 26.4. The summed E-state index contributed by atoms with van der Waals surface area (Å²) in [6.45, 7) is 16.1. The Bertz CT molecular complexity index is 1610. The van der Waals surface area contributed by atoms with Crippen LogP contribution in [0.25, 0.3) is 10.9 Å². The Labute approximate surface area is 253 Å². The van der Waals surface area contributed by atoms with E-state index < -0.39 is 11.2 Å². The van der Waals surface area contributed by atoms with Crippen molar-refractivity contribution in [1.82, 2.24) is 4.57 Å². The highest BCUT2D eigenvalue weighted by Crippen LogP contribution is 2.35. The number of hydrogen-bond donors (Lipinski definition) is 1. The third-order valence-corrected chi connectivity index (χ3v) is 6.64. The van der Waals surface area contributed by atoms with Gasteiger partial charge in [-0.3, -0.25) is 9.47 Å². The maximum absolute atomic E-state index is 12.4. The molecular weight excluding hydrogens is 544 g/mol. The highest BCUT2D eigenvalue weighted by Gasteiger charge is 2.30. The molecule has 1 aliphatic heterocycles. The summed E-state index contributed by atoms with van der Waals surface area (Å²) in [4.78, 5) is 26.1.